The zero-order valence-corrected chi connectivity index (χ0v) is 16.8. The van der Waals surface area contributed by atoms with E-state index in [9.17, 15) is 9.18 Å². The first-order valence-corrected chi connectivity index (χ1v) is 9.05. The van der Waals surface area contributed by atoms with Crippen molar-refractivity contribution in [1.82, 2.24) is 15.5 Å². The maximum Gasteiger partial charge on any atom is 0.243 e. The Bertz CT molecular complexity index is 623. The van der Waals surface area contributed by atoms with Crippen molar-refractivity contribution < 1.29 is 18.7 Å². The lowest BCUT2D eigenvalue weighted by Crippen LogP contribution is -2.40. The van der Waals surface area contributed by atoms with E-state index < -0.39 is 5.82 Å². The minimum absolute atomic E-state index is 0.0253. The van der Waals surface area contributed by atoms with Crippen molar-refractivity contribution in [2.24, 2.45) is 4.99 Å². The Morgan fingerprint density at radius 2 is 2.11 bits per heavy atom. The molecule has 0 aliphatic heterocycles. The van der Waals surface area contributed by atoms with Crippen LogP contribution in [-0.2, 0) is 9.53 Å². The Morgan fingerprint density at radius 3 is 2.70 bits per heavy atom. The van der Waals surface area contributed by atoms with Crippen molar-refractivity contribution in [1.29, 1.82) is 0 Å². The van der Waals surface area contributed by atoms with Gasteiger partial charge in [-0.1, -0.05) is 6.07 Å². The molecule has 1 amide bonds. The summed E-state index contributed by atoms with van der Waals surface area (Å²) in [5, 5.41) is 6.38. The van der Waals surface area contributed by atoms with Crippen LogP contribution in [0, 0.1) is 5.82 Å². The number of hydrogen-bond donors (Lipinski definition) is 2. The average molecular weight is 382 g/mol. The second kappa shape index (κ2) is 12.1. The van der Waals surface area contributed by atoms with Gasteiger partial charge in [0.1, 0.15) is 6.54 Å². The standard InChI is InChI=1S/C19H31FN4O3/c1-6-27-11-7-10-21-19(22-13-18(25)24(3)4)23-14(2)15-8-9-17(26-5)16(20)12-15/h8-9,12,14H,6-7,10-11,13H2,1-5H3,(H2,21,22,23). The molecule has 27 heavy (non-hydrogen) atoms. The molecule has 0 saturated carbocycles. The van der Waals surface area contributed by atoms with E-state index in [1.165, 1.54) is 18.1 Å². The number of nitrogens with one attached hydrogen (secondary N) is 2. The highest BCUT2D eigenvalue weighted by atomic mass is 19.1. The van der Waals surface area contributed by atoms with Gasteiger partial charge in [-0.25, -0.2) is 9.38 Å². The van der Waals surface area contributed by atoms with E-state index in [-0.39, 0.29) is 24.2 Å². The Kier molecular flexibility index (Phi) is 10.2. The number of rotatable bonds is 10. The molecule has 0 spiro atoms. The molecule has 0 aromatic heterocycles. The molecule has 0 aliphatic carbocycles. The van der Waals surface area contributed by atoms with Crippen LogP contribution >= 0.6 is 0 Å². The monoisotopic (exact) mass is 382 g/mol. The molecule has 1 unspecified atom stereocenters. The highest BCUT2D eigenvalue weighted by Gasteiger charge is 2.12. The lowest BCUT2D eigenvalue weighted by molar-refractivity contribution is -0.127. The molecular weight excluding hydrogens is 351 g/mol. The molecule has 0 aliphatic rings. The van der Waals surface area contributed by atoms with Gasteiger partial charge in [0, 0.05) is 33.9 Å². The van der Waals surface area contributed by atoms with Crippen LogP contribution in [0.4, 0.5) is 4.39 Å². The molecule has 1 aromatic carbocycles. The van der Waals surface area contributed by atoms with Crippen molar-refractivity contribution in [3.63, 3.8) is 0 Å². The quantitative estimate of drug-likeness (QED) is 0.368. The third kappa shape index (κ3) is 8.25. The topological polar surface area (TPSA) is 75.2 Å². The number of nitrogens with zero attached hydrogens (tertiary/aromatic N) is 2. The number of methoxy groups -OCH3 is 1. The zero-order valence-electron chi connectivity index (χ0n) is 16.8. The Labute approximate surface area is 160 Å². The maximum absolute atomic E-state index is 13.9. The van der Waals surface area contributed by atoms with Crippen molar-refractivity contribution in [3.8, 4) is 5.75 Å². The molecule has 1 atom stereocenters. The van der Waals surface area contributed by atoms with E-state index in [0.717, 1.165) is 12.0 Å². The van der Waals surface area contributed by atoms with Gasteiger partial charge in [0.15, 0.2) is 17.5 Å². The molecule has 7 nitrogen and oxygen atoms in total. The average Bonchev–Trinajstić information content (AvgIpc) is 2.64. The first kappa shape index (κ1) is 22.7. The van der Waals surface area contributed by atoms with Gasteiger partial charge in [-0.15, -0.1) is 0 Å². The van der Waals surface area contributed by atoms with Gasteiger partial charge in [0.2, 0.25) is 5.91 Å². The first-order chi connectivity index (χ1) is 12.9. The van der Waals surface area contributed by atoms with E-state index in [0.29, 0.717) is 25.7 Å². The van der Waals surface area contributed by atoms with Gasteiger partial charge in [-0.05, 0) is 38.0 Å². The van der Waals surface area contributed by atoms with Gasteiger partial charge in [0.25, 0.3) is 0 Å². The fourth-order valence-corrected chi connectivity index (χ4v) is 2.21. The van der Waals surface area contributed by atoms with Crippen molar-refractivity contribution in [3.05, 3.63) is 29.6 Å². The van der Waals surface area contributed by atoms with Gasteiger partial charge in [-0.2, -0.15) is 0 Å². The number of carbonyl (C=O) groups is 1. The SMILES string of the molecule is CCOCCCNC(=NCC(=O)N(C)C)NC(C)c1ccc(OC)c(F)c1. The fourth-order valence-electron chi connectivity index (χ4n) is 2.21. The van der Waals surface area contributed by atoms with Crippen molar-refractivity contribution in [2.45, 2.75) is 26.3 Å². The number of halogens is 1. The summed E-state index contributed by atoms with van der Waals surface area (Å²) in [5.74, 6) is 0.166. The minimum Gasteiger partial charge on any atom is -0.494 e. The number of ether oxygens (including phenoxy) is 2. The molecule has 0 saturated heterocycles. The number of amides is 1. The number of likely N-dealkylation sites (N-methyl/N-ethyl adjacent to an activating group) is 1. The molecule has 0 heterocycles. The lowest BCUT2D eigenvalue weighted by atomic mass is 10.1. The molecule has 1 aromatic rings. The summed E-state index contributed by atoms with van der Waals surface area (Å²) in [6, 6.07) is 4.59. The maximum atomic E-state index is 13.9. The van der Waals surface area contributed by atoms with Crippen LogP contribution in [-0.4, -0.2) is 64.3 Å². The van der Waals surface area contributed by atoms with E-state index in [2.05, 4.69) is 15.6 Å². The predicted octanol–water partition coefficient (Wildman–Crippen LogP) is 1.95. The summed E-state index contributed by atoms with van der Waals surface area (Å²) >= 11 is 0. The zero-order chi connectivity index (χ0) is 20.2. The highest BCUT2D eigenvalue weighted by molar-refractivity contribution is 5.85. The lowest BCUT2D eigenvalue weighted by Gasteiger charge is -2.19. The summed E-state index contributed by atoms with van der Waals surface area (Å²) in [5.41, 5.74) is 0.746. The normalized spacial score (nSPS) is 12.4. The summed E-state index contributed by atoms with van der Waals surface area (Å²) < 4.78 is 24.2. The number of benzene rings is 1. The molecule has 0 radical (unpaired) electrons. The molecule has 8 heteroatoms. The number of carbonyl (C=O) groups excluding carboxylic acids is 1. The third-order valence-electron chi connectivity index (χ3n) is 3.86. The van der Waals surface area contributed by atoms with Gasteiger partial charge >= 0.3 is 0 Å². The smallest absolute Gasteiger partial charge is 0.243 e. The molecule has 2 N–H and O–H groups in total. The van der Waals surface area contributed by atoms with Crippen LogP contribution in [0.3, 0.4) is 0 Å². The largest absolute Gasteiger partial charge is 0.494 e. The van der Waals surface area contributed by atoms with E-state index >= 15 is 0 Å². The summed E-state index contributed by atoms with van der Waals surface area (Å²) in [6.45, 7) is 5.84. The Balaban J connectivity index is 2.76. The van der Waals surface area contributed by atoms with Crippen LogP contribution in [0.5, 0.6) is 5.75 Å². The van der Waals surface area contributed by atoms with Gasteiger partial charge in [0.05, 0.1) is 13.2 Å². The predicted molar refractivity (Wildman–Crippen MR) is 105 cm³/mol. The van der Waals surface area contributed by atoms with E-state index in [4.69, 9.17) is 9.47 Å². The summed E-state index contributed by atoms with van der Waals surface area (Å²) in [7, 11) is 4.80. The second-order valence-corrected chi connectivity index (χ2v) is 6.19. The molecule has 0 fully saturated rings. The van der Waals surface area contributed by atoms with Crippen molar-refractivity contribution >= 4 is 11.9 Å². The fraction of sp³-hybridized carbons (Fsp3) is 0.579. The number of hydrogen-bond acceptors (Lipinski definition) is 4. The number of guanidine groups is 1. The first-order valence-electron chi connectivity index (χ1n) is 9.05. The van der Waals surface area contributed by atoms with Crippen molar-refractivity contribution in [2.75, 3.05) is 47.5 Å². The molecular formula is C19H31FN4O3. The number of aliphatic imine (C=N–C) groups is 1. The molecule has 152 valence electrons. The van der Waals surface area contributed by atoms with Gasteiger partial charge < -0.3 is 25.0 Å². The van der Waals surface area contributed by atoms with Crippen LogP contribution in [0.1, 0.15) is 31.9 Å². The second-order valence-electron chi connectivity index (χ2n) is 6.19. The third-order valence-corrected chi connectivity index (χ3v) is 3.86. The highest BCUT2D eigenvalue weighted by Crippen LogP contribution is 2.21. The Morgan fingerprint density at radius 1 is 1.37 bits per heavy atom. The molecule has 1 rings (SSSR count). The van der Waals surface area contributed by atoms with Gasteiger partial charge in [-0.3, -0.25) is 4.79 Å². The van der Waals surface area contributed by atoms with Crippen LogP contribution in [0.25, 0.3) is 0 Å². The van der Waals surface area contributed by atoms with E-state index in [1.54, 1.807) is 26.2 Å². The Hall–Kier alpha value is -2.35. The van der Waals surface area contributed by atoms with E-state index in [1.807, 2.05) is 13.8 Å². The van der Waals surface area contributed by atoms with Crippen LogP contribution in [0.15, 0.2) is 23.2 Å². The molecule has 0 bridgehead atoms. The van der Waals surface area contributed by atoms with Crippen LogP contribution < -0.4 is 15.4 Å². The van der Waals surface area contributed by atoms with Crippen LogP contribution in [0.2, 0.25) is 0 Å². The summed E-state index contributed by atoms with van der Waals surface area (Å²) in [6.07, 6.45) is 0.807. The minimum atomic E-state index is -0.422. The summed E-state index contributed by atoms with van der Waals surface area (Å²) in [4.78, 5) is 17.6.